The van der Waals surface area contributed by atoms with Gasteiger partial charge in [0.15, 0.2) is 5.65 Å². The normalized spacial score (nSPS) is 14.0. The minimum Gasteiger partial charge on any atom is -0.365 e. The van der Waals surface area contributed by atoms with Gasteiger partial charge in [0.05, 0.1) is 18.4 Å². The number of carbonyl (C=O) groups excluding carboxylic acids is 2. The van der Waals surface area contributed by atoms with E-state index in [2.05, 4.69) is 28.5 Å². The van der Waals surface area contributed by atoms with Crippen LogP contribution in [0.2, 0.25) is 0 Å². The maximum absolute atomic E-state index is 13.1. The van der Waals surface area contributed by atoms with Gasteiger partial charge in [-0.1, -0.05) is 13.8 Å². The van der Waals surface area contributed by atoms with Crippen molar-refractivity contribution in [2.24, 2.45) is 12.8 Å². The lowest BCUT2D eigenvalue weighted by Gasteiger charge is -2.26. The van der Waals surface area contributed by atoms with Crippen molar-refractivity contribution < 1.29 is 9.59 Å². The Balaban J connectivity index is 1.68. The Hall–Kier alpha value is -3.23. The van der Waals surface area contributed by atoms with Gasteiger partial charge in [-0.05, 0) is 6.07 Å². The highest BCUT2D eigenvalue weighted by atomic mass is 16.2. The first-order valence-electron chi connectivity index (χ1n) is 8.84. The first-order chi connectivity index (χ1) is 12.9. The molecule has 0 saturated carbocycles. The summed E-state index contributed by atoms with van der Waals surface area (Å²) in [7, 11) is 2.03. The third-order valence-corrected chi connectivity index (χ3v) is 4.98. The number of aromatic nitrogens is 5. The summed E-state index contributed by atoms with van der Waals surface area (Å²) >= 11 is 0. The molecule has 2 N–H and O–H groups in total. The van der Waals surface area contributed by atoms with Crippen molar-refractivity contribution in [1.29, 1.82) is 0 Å². The minimum absolute atomic E-state index is 0.177. The number of carbonyl (C=O) groups is 2. The van der Waals surface area contributed by atoms with Crippen LogP contribution in [0.3, 0.4) is 0 Å². The van der Waals surface area contributed by atoms with Crippen LogP contribution in [0.1, 0.15) is 57.8 Å². The van der Waals surface area contributed by atoms with E-state index in [-0.39, 0.29) is 17.1 Å². The fourth-order valence-corrected chi connectivity index (χ4v) is 3.63. The summed E-state index contributed by atoms with van der Waals surface area (Å²) in [4.78, 5) is 35.2. The lowest BCUT2D eigenvalue weighted by atomic mass is 10.1. The molecule has 2 amide bonds. The summed E-state index contributed by atoms with van der Waals surface area (Å²) in [6.45, 7) is 5.26. The zero-order valence-corrected chi connectivity index (χ0v) is 15.5. The number of nitrogens with two attached hydrogens (primary N) is 1. The van der Waals surface area contributed by atoms with E-state index in [9.17, 15) is 9.59 Å². The summed E-state index contributed by atoms with van der Waals surface area (Å²) in [5.74, 6) is 0.544. The van der Waals surface area contributed by atoms with E-state index in [1.807, 2.05) is 7.05 Å². The molecule has 1 aliphatic heterocycles. The largest absolute Gasteiger partial charge is 0.365 e. The maximum atomic E-state index is 13.1. The van der Waals surface area contributed by atoms with E-state index >= 15 is 0 Å². The average molecular weight is 367 g/mol. The molecular formula is C18H21N7O2. The van der Waals surface area contributed by atoms with Gasteiger partial charge in [0, 0.05) is 37.8 Å². The second-order valence-corrected chi connectivity index (χ2v) is 7.04. The molecular weight excluding hydrogens is 346 g/mol. The van der Waals surface area contributed by atoms with Crippen LogP contribution in [-0.2, 0) is 20.0 Å². The van der Waals surface area contributed by atoms with Crippen molar-refractivity contribution in [3.63, 3.8) is 0 Å². The SMILES string of the molecule is CC(C)c1nc2c(n1C)CCN(C(=O)c1ccnc3c(C(N)=O)cnn13)C2. The van der Waals surface area contributed by atoms with Crippen LogP contribution in [0.25, 0.3) is 5.65 Å². The van der Waals surface area contributed by atoms with E-state index in [4.69, 9.17) is 10.7 Å². The molecule has 1 aliphatic rings. The van der Waals surface area contributed by atoms with Crippen molar-refractivity contribution in [3.05, 3.63) is 46.9 Å². The molecule has 0 saturated heterocycles. The predicted octanol–water partition coefficient (Wildman–Crippen LogP) is 0.884. The van der Waals surface area contributed by atoms with Crippen LogP contribution in [0.4, 0.5) is 0 Å². The van der Waals surface area contributed by atoms with E-state index < -0.39 is 5.91 Å². The average Bonchev–Trinajstić information content (AvgIpc) is 3.22. The Bertz CT molecular complexity index is 1060. The van der Waals surface area contributed by atoms with Crippen molar-refractivity contribution in [2.75, 3.05) is 6.54 Å². The molecule has 9 nitrogen and oxygen atoms in total. The lowest BCUT2D eigenvalue weighted by molar-refractivity contribution is 0.0721. The Morgan fingerprint density at radius 1 is 1.30 bits per heavy atom. The van der Waals surface area contributed by atoms with E-state index in [1.165, 1.54) is 22.6 Å². The predicted molar refractivity (Wildman–Crippen MR) is 97.2 cm³/mol. The molecule has 0 unspecified atom stereocenters. The highest BCUT2D eigenvalue weighted by Crippen LogP contribution is 2.24. The zero-order valence-electron chi connectivity index (χ0n) is 15.5. The Morgan fingerprint density at radius 2 is 2.07 bits per heavy atom. The number of hydrogen-bond donors (Lipinski definition) is 1. The van der Waals surface area contributed by atoms with Gasteiger partial charge >= 0.3 is 0 Å². The molecule has 3 aromatic rings. The van der Waals surface area contributed by atoms with Gasteiger partial charge in [-0.15, -0.1) is 0 Å². The molecule has 3 aromatic heterocycles. The molecule has 0 atom stereocenters. The van der Waals surface area contributed by atoms with Crippen molar-refractivity contribution in [1.82, 2.24) is 29.0 Å². The number of hydrogen-bond acceptors (Lipinski definition) is 5. The third kappa shape index (κ3) is 2.66. The number of nitrogens with zero attached hydrogens (tertiary/aromatic N) is 6. The fourth-order valence-electron chi connectivity index (χ4n) is 3.63. The Labute approximate surface area is 155 Å². The maximum Gasteiger partial charge on any atom is 0.273 e. The first-order valence-corrected chi connectivity index (χ1v) is 8.84. The second kappa shape index (κ2) is 6.19. The van der Waals surface area contributed by atoms with Crippen LogP contribution in [0, 0.1) is 0 Å². The molecule has 4 rings (SSSR count). The molecule has 0 radical (unpaired) electrons. The molecule has 0 spiro atoms. The monoisotopic (exact) mass is 367 g/mol. The van der Waals surface area contributed by atoms with Crippen LogP contribution < -0.4 is 5.73 Å². The van der Waals surface area contributed by atoms with Crippen LogP contribution in [0.15, 0.2) is 18.5 Å². The number of primary amides is 1. The molecule has 0 fully saturated rings. The van der Waals surface area contributed by atoms with Gasteiger partial charge < -0.3 is 15.2 Å². The van der Waals surface area contributed by atoms with Gasteiger partial charge in [-0.3, -0.25) is 9.59 Å². The van der Waals surface area contributed by atoms with Crippen molar-refractivity contribution in [2.45, 2.75) is 32.7 Å². The molecule has 27 heavy (non-hydrogen) atoms. The highest BCUT2D eigenvalue weighted by Gasteiger charge is 2.28. The molecule has 0 aliphatic carbocycles. The smallest absolute Gasteiger partial charge is 0.273 e. The van der Waals surface area contributed by atoms with Gasteiger partial charge in [-0.25, -0.2) is 14.5 Å². The van der Waals surface area contributed by atoms with Gasteiger partial charge in [0.1, 0.15) is 17.1 Å². The van der Waals surface area contributed by atoms with Crippen molar-refractivity contribution in [3.8, 4) is 0 Å². The number of fused-ring (bicyclic) bond motifs is 2. The molecule has 0 bridgehead atoms. The second-order valence-electron chi connectivity index (χ2n) is 7.04. The molecule has 9 heteroatoms. The summed E-state index contributed by atoms with van der Waals surface area (Å²) in [6.07, 6.45) is 3.57. The third-order valence-electron chi connectivity index (χ3n) is 4.98. The summed E-state index contributed by atoms with van der Waals surface area (Å²) in [5, 5.41) is 4.13. The summed E-state index contributed by atoms with van der Waals surface area (Å²) in [6, 6.07) is 1.60. The van der Waals surface area contributed by atoms with Crippen LogP contribution in [0.5, 0.6) is 0 Å². The molecule has 4 heterocycles. The lowest BCUT2D eigenvalue weighted by Crippen LogP contribution is -2.37. The first kappa shape index (κ1) is 17.2. The zero-order chi connectivity index (χ0) is 19.3. The van der Waals surface area contributed by atoms with E-state index in [0.29, 0.717) is 24.7 Å². The Kier molecular flexibility index (Phi) is 3.94. The Morgan fingerprint density at radius 3 is 2.78 bits per heavy atom. The standard InChI is InChI=1S/C18H21N7O2/c1-10(2)16-22-12-9-24(7-5-13(12)23(16)3)18(27)14-4-6-20-17-11(15(19)26)8-21-25(14)17/h4,6,8,10H,5,7,9H2,1-3H3,(H2,19,26). The van der Waals surface area contributed by atoms with Gasteiger partial charge in [0.2, 0.25) is 0 Å². The van der Waals surface area contributed by atoms with E-state index in [0.717, 1.165) is 17.9 Å². The van der Waals surface area contributed by atoms with Gasteiger partial charge in [0.25, 0.3) is 11.8 Å². The number of imidazole rings is 1. The highest BCUT2D eigenvalue weighted by molar-refractivity contribution is 5.99. The molecule has 0 aromatic carbocycles. The fraction of sp³-hybridized carbons (Fsp3) is 0.389. The van der Waals surface area contributed by atoms with Gasteiger partial charge in [-0.2, -0.15) is 5.10 Å². The van der Waals surface area contributed by atoms with Crippen LogP contribution >= 0.6 is 0 Å². The van der Waals surface area contributed by atoms with Crippen molar-refractivity contribution >= 4 is 17.5 Å². The number of rotatable bonds is 3. The number of amides is 2. The summed E-state index contributed by atoms with van der Waals surface area (Å²) < 4.78 is 3.51. The minimum atomic E-state index is -0.626. The van der Waals surface area contributed by atoms with E-state index in [1.54, 1.807) is 11.0 Å². The summed E-state index contributed by atoms with van der Waals surface area (Å²) in [5.41, 5.74) is 8.28. The topological polar surface area (TPSA) is 111 Å². The molecule has 140 valence electrons. The van der Waals surface area contributed by atoms with Crippen LogP contribution in [-0.4, -0.2) is 47.4 Å². The quantitative estimate of drug-likeness (QED) is 0.739.